The van der Waals surface area contributed by atoms with Crippen LogP contribution >= 0.6 is 0 Å². The van der Waals surface area contributed by atoms with Crippen molar-refractivity contribution in [2.45, 2.75) is 6.54 Å². The second kappa shape index (κ2) is 6.29. The molecular formula is C12H13N5O2. The van der Waals surface area contributed by atoms with Crippen molar-refractivity contribution in [2.24, 2.45) is 5.16 Å². The van der Waals surface area contributed by atoms with E-state index in [0.717, 1.165) is 5.56 Å². The van der Waals surface area contributed by atoms with Crippen molar-refractivity contribution in [1.82, 2.24) is 20.1 Å². The summed E-state index contributed by atoms with van der Waals surface area (Å²) in [4.78, 5) is 19.7. The predicted octanol–water partition coefficient (Wildman–Crippen LogP) is 1.04. The Kier molecular flexibility index (Phi) is 4.22. The lowest BCUT2D eigenvalue weighted by Gasteiger charge is -2.06. The zero-order chi connectivity index (χ0) is 13.5. The first-order valence-electron chi connectivity index (χ1n) is 5.63. The highest BCUT2D eigenvalue weighted by Crippen LogP contribution is 2.04. The second-order valence-electron chi connectivity index (χ2n) is 3.63. The zero-order valence-corrected chi connectivity index (χ0v) is 10.4. The van der Waals surface area contributed by atoms with Gasteiger partial charge in [0.2, 0.25) is 0 Å². The average molecular weight is 259 g/mol. The highest BCUT2D eigenvalue weighted by atomic mass is 16.7. The van der Waals surface area contributed by atoms with Crippen LogP contribution in [-0.2, 0) is 11.4 Å². The van der Waals surface area contributed by atoms with Crippen LogP contribution in [0.15, 0.2) is 48.1 Å². The number of aromatic nitrogens is 3. The fourth-order valence-corrected chi connectivity index (χ4v) is 1.41. The molecule has 1 heterocycles. The standard InChI is InChI=1S/C12H13N5O2/c1-13-12(18)19-16-11(7-17-9-14-8-15-17)10-5-3-2-4-6-10/h2-6,8-9H,7H2,1H3,(H,13,18). The third-order valence-corrected chi connectivity index (χ3v) is 2.33. The minimum absolute atomic E-state index is 0.362. The van der Waals surface area contributed by atoms with Crippen molar-refractivity contribution in [3.8, 4) is 0 Å². The second-order valence-corrected chi connectivity index (χ2v) is 3.63. The van der Waals surface area contributed by atoms with Gasteiger partial charge in [-0.2, -0.15) is 5.10 Å². The maximum atomic E-state index is 11.1. The number of carbonyl (C=O) groups excluding carboxylic acids is 1. The van der Waals surface area contributed by atoms with E-state index in [1.54, 1.807) is 11.0 Å². The van der Waals surface area contributed by atoms with Crippen LogP contribution in [0.5, 0.6) is 0 Å². The van der Waals surface area contributed by atoms with E-state index in [0.29, 0.717) is 12.3 Å². The number of hydrogen-bond donors (Lipinski definition) is 1. The quantitative estimate of drug-likeness (QED) is 0.505. The molecule has 0 aliphatic rings. The van der Waals surface area contributed by atoms with Crippen LogP contribution in [0.1, 0.15) is 5.56 Å². The van der Waals surface area contributed by atoms with Gasteiger partial charge in [0, 0.05) is 12.6 Å². The highest BCUT2D eigenvalue weighted by Gasteiger charge is 2.07. The van der Waals surface area contributed by atoms with Gasteiger partial charge in [-0.25, -0.2) is 14.5 Å². The summed E-state index contributed by atoms with van der Waals surface area (Å²) < 4.78 is 1.60. The molecule has 0 fully saturated rings. The molecule has 1 amide bonds. The van der Waals surface area contributed by atoms with Gasteiger partial charge in [0.05, 0.1) is 6.54 Å². The number of amides is 1. The maximum Gasteiger partial charge on any atom is 0.433 e. The monoisotopic (exact) mass is 259 g/mol. The number of nitrogens with zero attached hydrogens (tertiary/aromatic N) is 4. The van der Waals surface area contributed by atoms with Crippen LogP contribution in [0.4, 0.5) is 4.79 Å². The van der Waals surface area contributed by atoms with E-state index in [9.17, 15) is 4.79 Å². The summed E-state index contributed by atoms with van der Waals surface area (Å²) in [6.45, 7) is 0.362. The Morgan fingerprint density at radius 3 is 2.84 bits per heavy atom. The van der Waals surface area contributed by atoms with Crippen molar-refractivity contribution in [3.63, 3.8) is 0 Å². The Hall–Kier alpha value is -2.70. The maximum absolute atomic E-state index is 11.1. The van der Waals surface area contributed by atoms with E-state index in [1.807, 2.05) is 30.3 Å². The van der Waals surface area contributed by atoms with E-state index in [1.165, 1.54) is 13.4 Å². The lowest BCUT2D eigenvalue weighted by molar-refractivity contribution is 0.153. The predicted molar refractivity (Wildman–Crippen MR) is 68.5 cm³/mol. The molecule has 98 valence electrons. The fourth-order valence-electron chi connectivity index (χ4n) is 1.41. The van der Waals surface area contributed by atoms with Crippen LogP contribution in [-0.4, -0.2) is 33.6 Å². The topological polar surface area (TPSA) is 81.4 Å². The Balaban J connectivity index is 2.20. The molecule has 0 atom stereocenters. The molecule has 1 N–H and O–H groups in total. The van der Waals surface area contributed by atoms with Gasteiger partial charge in [0.25, 0.3) is 0 Å². The number of benzene rings is 1. The molecule has 2 rings (SSSR count). The smallest absolute Gasteiger partial charge is 0.323 e. The van der Waals surface area contributed by atoms with Crippen molar-refractivity contribution in [2.75, 3.05) is 7.05 Å². The number of oxime groups is 1. The van der Waals surface area contributed by atoms with Gasteiger partial charge < -0.3 is 5.32 Å². The first-order valence-corrected chi connectivity index (χ1v) is 5.63. The summed E-state index contributed by atoms with van der Waals surface area (Å²) in [6.07, 6.45) is 2.38. The summed E-state index contributed by atoms with van der Waals surface area (Å²) in [5.74, 6) is 0. The third-order valence-electron chi connectivity index (χ3n) is 2.33. The number of hydrogen-bond acceptors (Lipinski definition) is 5. The number of rotatable bonds is 4. The molecular weight excluding hydrogens is 246 g/mol. The normalized spacial score (nSPS) is 11.1. The molecule has 2 aromatic rings. The molecule has 0 saturated carbocycles. The summed E-state index contributed by atoms with van der Waals surface area (Å²) in [7, 11) is 1.47. The number of nitrogens with one attached hydrogen (secondary N) is 1. The van der Waals surface area contributed by atoms with E-state index < -0.39 is 6.09 Å². The van der Waals surface area contributed by atoms with Gasteiger partial charge in [0.1, 0.15) is 18.4 Å². The molecule has 0 unspecified atom stereocenters. The van der Waals surface area contributed by atoms with Crippen LogP contribution in [0.3, 0.4) is 0 Å². The first kappa shape index (κ1) is 12.7. The van der Waals surface area contributed by atoms with Gasteiger partial charge in [-0.05, 0) is 0 Å². The molecule has 19 heavy (non-hydrogen) atoms. The van der Waals surface area contributed by atoms with Crippen LogP contribution in [0.2, 0.25) is 0 Å². The lowest BCUT2D eigenvalue weighted by atomic mass is 10.1. The van der Waals surface area contributed by atoms with Crippen LogP contribution in [0, 0.1) is 0 Å². The summed E-state index contributed by atoms with van der Waals surface area (Å²) in [6, 6.07) is 9.42. The first-order chi connectivity index (χ1) is 9.29. The van der Waals surface area contributed by atoms with E-state index in [4.69, 9.17) is 4.84 Å². The van der Waals surface area contributed by atoms with E-state index >= 15 is 0 Å². The van der Waals surface area contributed by atoms with E-state index in [2.05, 4.69) is 20.6 Å². The summed E-state index contributed by atoms with van der Waals surface area (Å²) in [5.41, 5.74) is 1.43. The van der Waals surface area contributed by atoms with Gasteiger partial charge in [-0.3, -0.25) is 4.84 Å². The molecule has 7 nitrogen and oxygen atoms in total. The Labute approximate surface area is 109 Å². The van der Waals surface area contributed by atoms with Crippen molar-refractivity contribution in [3.05, 3.63) is 48.5 Å². The Morgan fingerprint density at radius 1 is 1.42 bits per heavy atom. The molecule has 1 aromatic heterocycles. The zero-order valence-electron chi connectivity index (χ0n) is 10.4. The molecule has 0 bridgehead atoms. The molecule has 0 aliphatic heterocycles. The van der Waals surface area contributed by atoms with Crippen molar-refractivity contribution < 1.29 is 9.63 Å². The molecule has 0 spiro atoms. The summed E-state index contributed by atoms with van der Waals surface area (Å²) in [5, 5.41) is 10.2. The van der Waals surface area contributed by atoms with Crippen LogP contribution in [0.25, 0.3) is 0 Å². The molecule has 0 radical (unpaired) electrons. The largest absolute Gasteiger partial charge is 0.433 e. The third kappa shape index (κ3) is 3.63. The minimum atomic E-state index is -0.618. The fraction of sp³-hybridized carbons (Fsp3) is 0.167. The average Bonchev–Trinajstić information content (AvgIpc) is 2.97. The highest BCUT2D eigenvalue weighted by molar-refractivity contribution is 6.00. The van der Waals surface area contributed by atoms with Crippen molar-refractivity contribution >= 4 is 11.8 Å². The Bertz CT molecular complexity index is 551. The molecule has 0 saturated heterocycles. The van der Waals surface area contributed by atoms with Gasteiger partial charge in [0.15, 0.2) is 0 Å². The van der Waals surface area contributed by atoms with E-state index in [-0.39, 0.29) is 0 Å². The minimum Gasteiger partial charge on any atom is -0.323 e. The van der Waals surface area contributed by atoms with Crippen LogP contribution < -0.4 is 5.32 Å². The molecule has 7 heteroatoms. The Morgan fingerprint density at radius 2 is 2.21 bits per heavy atom. The van der Waals surface area contributed by atoms with Gasteiger partial charge >= 0.3 is 6.09 Å². The molecule has 0 aliphatic carbocycles. The van der Waals surface area contributed by atoms with Gasteiger partial charge in [-0.1, -0.05) is 35.5 Å². The summed E-state index contributed by atoms with van der Waals surface area (Å²) >= 11 is 0. The van der Waals surface area contributed by atoms with Crippen molar-refractivity contribution in [1.29, 1.82) is 0 Å². The lowest BCUT2D eigenvalue weighted by Crippen LogP contribution is -2.19. The molecule has 1 aromatic carbocycles. The van der Waals surface area contributed by atoms with Gasteiger partial charge in [-0.15, -0.1) is 0 Å². The number of carbonyl (C=O) groups is 1. The SMILES string of the molecule is CNC(=O)ON=C(Cn1cncn1)c1ccccc1.